The Morgan fingerprint density at radius 2 is 1.75 bits per heavy atom. The van der Waals surface area contributed by atoms with Gasteiger partial charge in [-0.05, 0) is 89.1 Å². The first-order valence-electron chi connectivity index (χ1n) is 17.6. The molecular formula is C39H53N7O9. The lowest BCUT2D eigenvalue weighted by atomic mass is 9.98. The van der Waals surface area contributed by atoms with Crippen molar-refractivity contribution in [2.24, 2.45) is 12.5 Å². The zero-order chi connectivity index (χ0) is 41.0. The van der Waals surface area contributed by atoms with Crippen LogP contribution in [0.5, 0.6) is 0 Å². The summed E-state index contributed by atoms with van der Waals surface area (Å²) in [5.41, 5.74) is 3.24. The van der Waals surface area contributed by atoms with Gasteiger partial charge in [0, 0.05) is 50.9 Å². The Kier molecular flexibility index (Phi) is 19.0. The van der Waals surface area contributed by atoms with Crippen molar-refractivity contribution in [2.45, 2.75) is 60.1 Å². The highest BCUT2D eigenvalue weighted by atomic mass is 16.7. The van der Waals surface area contributed by atoms with E-state index in [4.69, 9.17) is 25.3 Å². The largest absolute Gasteiger partial charge is 0.466 e. The van der Waals surface area contributed by atoms with Crippen LogP contribution in [0.1, 0.15) is 69.2 Å². The van der Waals surface area contributed by atoms with E-state index in [1.54, 1.807) is 71.1 Å². The van der Waals surface area contributed by atoms with Crippen LogP contribution in [0.25, 0.3) is 11.0 Å². The SMILES string of the molecule is CC(O)CCO.CCOC(=O)CCN(C(=O)c1ccc2c(c1)nc(CNc1ccc(C=N)cc1)n2C)c1ccccn1.CNC(=O)OCOC(=O)C(C)(C)C. The third-order valence-electron chi connectivity index (χ3n) is 7.51. The second-order valence-corrected chi connectivity index (χ2v) is 13.0. The number of nitrogens with one attached hydrogen (secondary N) is 3. The smallest absolute Gasteiger partial charge is 0.409 e. The molecule has 2 heterocycles. The minimum atomic E-state index is -0.623. The molecule has 0 fully saturated rings. The number of carbonyl (C=O) groups excluding carboxylic acids is 4. The van der Waals surface area contributed by atoms with Crippen LogP contribution in [0.4, 0.5) is 16.3 Å². The monoisotopic (exact) mass is 763 g/mol. The van der Waals surface area contributed by atoms with Gasteiger partial charge in [-0.25, -0.2) is 14.8 Å². The standard InChI is InChI=1S/C27H28N6O3.C8H15NO4.C4H10O2/c1-3-36-26(34)13-15-33(24-6-4-5-14-29-24)27(35)20-9-12-23-22(16-20)31-25(32(23)2)18-30-21-10-7-19(17-28)8-11-21;1-8(2,3)6(10)12-5-13-7(11)9-4;1-4(6)2-3-5/h4-12,14,16-17,28,30H,3,13,15,18H2,1-2H3;5H2,1-4H3,(H,9,11);4-6H,2-3H2,1H3. The Hall–Kier alpha value is -5.87. The molecule has 298 valence electrons. The first-order chi connectivity index (χ1) is 26.1. The Morgan fingerprint density at radius 3 is 2.29 bits per heavy atom. The maximum atomic E-state index is 13.5. The molecule has 4 aromatic rings. The number of fused-ring (bicyclic) bond motifs is 1. The molecule has 0 aliphatic carbocycles. The van der Waals surface area contributed by atoms with Crippen LogP contribution < -0.4 is 15.5 Å². The van der Waals surface area contributed by atoms with Crippen molar-refractivity contribution in [1.29, 1.82) is 5.41 Å². The molecule has 4 rings (SSSR count). The number of anilines is 2. The summed E-state index contributed by atoms with van der Waals surface area (Å²) in [6.45, 7) is 9.22. The molecule has 2 amide bonds. The number of alkyl carbamates (subject to hydrolysis) is 1. The first kappa shape index (κ1) is 45.3. The van der Waals surface area contributed by atoms with Gasteiger partial charge in [-0.15, -0.1) is 0 Å². The summed E-state index contributed by atoms with van der Waals surface area (Å²) < 4.78 is 16.1. The fourth-order valence-electron chi connectivity index (χ4n) is 4.46. The van der Waals surface area contributed by atoms with Crippen LogP contribution in [0.2, 0.25) is 0 Å². The molecule has 5 N–H and O–H groups in total. The van der Waals surface area contributed by atoms with E-state index in [-0.39, 0.29) is 44.3 Å². The Bertz CT molecular complexity index is 1820. The van der Waals surface area contributed by atoms with Crippen LogP contribution in [0.3, 0.4) is 0 Å². The van der Waals surface area contributed by atoms with Crippen LogP contribution in [-0.4, -0.2) is 94.6 Å². The molecule has 1 unspecified atom stereocenters. The van der Waals surface area contributed by atoms with Gasteiger partial charge < -0.3 is 45.0 Å². The summed E-state index contributed by atoms with van der Waals surface area (Å²) in [4.78, 5) is 57.6. The number of aliphatic hydroxyl groups excluding tert-OH is 2. The van der Waals surface area contributed by atoms with Crippen LogP contribution in [0.15, 0.2) is 66.9 Å². The van der Waals surface area contributed by atoms with Gasteiger partial charge in [-0.3, -0.25) is 19.3 Å². The maximum Gasteiger partial charge on any atom is 0.409 e. The topological polar surface area (TPSA) is 218 Å². The minimum absolute atomic E-state index is 0.0681. The molecule has 0 spiro atoms. The predicted molar refractivity (Wildman–Crippen MR) is 209 cm³/mol. The number of hydrogen-bond acceptors (Lipinski definition) is 13. The lowest BCUT2D eigenvalue weighted by Gasteiger charge is -2.21. The van der Waals surface area contributed by atoms with Gasteiger partial charge in [-0.1, -0.05) is 18.2 Å². The fraction of sp³-hybridized carbons (Fsp3) is 0.410. The summed E-state index contributed by atoms with van der Waals surface area (Å²) in [6.07, 6.45) is 2.50. The normalized spacial score (nSPS) is 11.1. The van der Waals surface area contributed by atoms with E-state index in [9.17, 15) is 19.2 Å². The molecule has 2 aromatic heterocycles. The van der Waals surface area contributed by atoms with E-state index in [1.165, 1.54) is 18.2 Å². The van der Waals surface area contributed by atoms with E-state index in [0.717, 1.165) is 22.6 Å². The van der Waals surface area contributed by atoms with E-state index < -0.39 is 17.5 Å². The van der Waals surface area contributed by atoms with Crippen molar-refractivity contribution in [3.8, 4) is 0 Å². The molecular weight excluding hydrogens is 710 g/mol. The van der Waals surface area contributed by atoms with Crippen LogP contribution >= 0.6 is 0 Å². The van der Waals surface area contributed by atoms with Gasteiger partial charge in [-0.2, -0.15) is 0 Å². The van der Waals surface area contributed by atoms with Crippen molar-refractivity contribution in [3.63, 3.8) is 0 Å². The number of hydrogen-bond donors (Lipinski definition) is 5. The second-order valence-electron chi connectivity index (χ2n) is 13.0. The number of benzene rings is 2. The number of nitrogens with zero attached hydrogens (tertiary/aromatic N) is 4. The van der Waals surface area contributed by atoms with Crippen molar-refractivity contribution < 1.29 is 43.6 Å². The lowest BCUT2D eigenvalue weighted by Crippen LogP contribution is -2.34. The van der Waals surface area contributed by atoms with E-state index in [0.29, 0.717) is 36.5 Å². The minimum Gasteiger partial charge on any atom is -0.466 e. The van der Waals surface area contributed by atoms with Gasteiger partial charge in [0.05, 0.1) is 42.1 Å². The zero-order valence-electron chi connectivity index (χ0n) is 32.5. The Labute approximate surface area is 321 Å². The molecule has 16 heteroatoms. The Balaban J connectivity index is 0.000000456. The lowest BCUT2D eigenvalue weighted by molar-refractivity contribution is -0.161. The van der Waals surface area contributed by atoms with Gasteiger partial charge in [0.25, 0.3) is 5.91 Å². The number of esters is 2. The van der Waals surface area contributed by atoms with Gasteiger partial charge in [0.1, 0.15) is 11.6 Å². The van der Waals surface area contributed by atoms with E-state index in [1.807, 2.05) is 41.9 Å². The number of aromatic nitrogens is 3. The molecule has 55 heavy (non-hydrogen) atoms. The van der Waals surface area contributed by atoms with Crippen LogP contribution in [0, 0.1) is 10.8 Å². The van der Waals surface area contributed by atoms with Crippen molar-refractivity contribution in [3.05, 3.63) is 83.8 Å². The molecule has 0 saturated heterocycles. The first-order valence-corrected chi connectivity index (χ1v) is 17.6. The summed E-state index contributed by atoms with van der Waals surface area (Å²) in [7, 11) is 3.36. The Morgan fingerprint density at radius 1 is 1.04 bits per heavy atom. The molecule has 0 aliphatic heterocycles. The number of carbonyl (C=O) groups is 4. The van der Waals surface area contributed by atoms with Gasteiger partial charge >= 0.3 is 18.0 Å². The number of imidazole rings is 1. The van der Waals surface area contributed by atoms with Crippen molar-refractivity contribution in [2.75, 3.05) is 43.8 Å². The maximum absolute atomic E-state index is 13.5. The van der Waals surface area contributed by atoms with Gasteiger partial charge in [0.15, 0.2) is 0 Å². The average molecular weight is 764 g/mol. The summed E-state index contributed by atoms with van der Waals surface area (Å²) in [5, 5.41) is 29.3. The third-order valence-corrected chi connectivity index (χ3v) is 7.51. The fourth-order valence-corrected chi connectivity index (χ4v) is 4.46. The highest BCUT2D eigenvalue weighted by Crippen LogP contribution is 2.21. The average Bonchev–Trinajstić information content (AvgIpc) is 3.48. The highest BCUT2D eigenvalue weighted by molar-refractivity contribution is 6.07. The number of ether oxygens (including phenoxy) is 3. The summed E-state index contributed by atoms with van der Waals surface area (Å²) in [5.74, 6) is 0.241. The number of amides is 2. The highest BCUT2D eigenvalue weighted by Gasteiger charge is 2.23. The number of pyridine rings is 1. The molecule has 1 atom stereocenters. The molecule has 0 radical (unpaired) electrons. The van der Waals surface area contributed by atoms with Gasteiger partial charge in [0.2, 0.25) is 6.79 Å². The van der Waals surface area contributed by atoms with Crippen molar-refractivity contribution >= 4 is 52.7 Å². The summed E-state index contributed by atoms with van der Waals surface area (Å²) in [6, 6.07) is 18.3. The third kappa shape index (κ3) is 15.6. The molecule has 2 aromatic carbocycles. The molecule has 16 nitrogen and oxygen atoms in total. The summed E-state index contributed by atoms with van der Waals surface area (Å²) >= 11 is 0. The quantitative estimate of drug-likeness (QED) is 0.0664. The molecule has 0 saturated carbocycles. The predicted octanol–water partition coefficient (Wildman–Crippen LogP) is 4.82. The zero-order valence-corrected chi connectivity index (χ0v) is 32.5. The number of aryl methyl sites for hydroxylation is 1. The molecule has 0 aliphatic rings. The number of aliphatic hydroxyl groups is 2. The number of rotatable bonds is 14. The van der Waals surface area contributed by atoms with Crippen LogP contribution in [-0.2, 0) is 37.4 Å². The van der Waals surface area contributed by atoms with Crippen molar-refractivity contribution in [1.82, 2.24) is 19.9 Å². The van der Waals surface area contributed by atoms with E-state index >= 15 is 0 Å². The van der Waals surface area contributed by atoms with E-state index in [2.05, 4.69) is 25.1 Å². The molecule has 0 bridgehead atoms. The second kappa shape index (κ2) is 23.0.